The van der Waals surface area contributed by atoms with Gasteiger partial charge in [-0.1, -0.05) is 6.07 Å². The normalized spacial score (nSPS) is 11.5. The molecule has 7 heteroatoms. The van der Waals surface area contributed by atoms with E-state index in [4.69, 9.17) is 4.74 Å². The lowest BCUT2D eigenvalue weighted by Gasteiger charge is -2.12. The number of benzene rings is 1. The van der Waals surface area contributed by atoms with Gasteiger partial charge in [-0.2, -0.15) is 0 Å². The third kappa shape index (κ3) is 5.07. The van der Waals surface area contributed by atoms with Crippen molar-refractivity contribution in [1.29, 1.82) is 0 Å². The second-order valence-electron chi connectivity index (χ2n) is 4.95. The highest BCUT2D eigenvalue weighted by Crippen LogP contribution is 2.14. The summed E-state index contributed by atoms with van der Waals surface area (Å²) in [7, 11) is 3.38. The molecule has 1 aromatic heterocycles. The van der Waals surface area contributed by atoms with Crippen molar-refractivity contribution in [2.24, 2.45) is 4.99 Å². The van der Waals surface area contributed by atoms with Crippen molar-refractivity contribution in [2.45, 2.75) is 13.0 Å². The average molecular weight is 319 g/mol. The molecule has 0 spiro atoms. The summed E-state index contributed by atoms with van der Waals surface area (Å²) in [5.74, 6) is 0.394. The number of aliphatic imine (C=N–C) groups is 1. The smallest absolute Gasteiger partial charge is 0.191 e. The molecule has 0 aliphatic carbocycles. The SMILES string of the molecule is CN=C(NCCCOC)NCc1ccc(-n2ccnc2)c(F)c1. The van der Waals surface area contributed by atoms with Gasteiger partial charge in [0, 0.05) is 46.2 Å². The maximum Gasteiger partial charge on any atom is 0.191 e. The van der Waals surface area contributed by atoms with E-state index in [-0.39, 0.29) is 5.82 Å². The van der Waals surface area contributed by atoms with Crippen LogP contribution in [0.3, 0.4) is 0 Å². The van der Waals surface area contributed by atoms with Gasteiger partial charge in [-0.3, -0.25) is 4.99 Å². The summed E-state index contributed by atoms with van der Waals surface area (Å²) in [6.45, 7) is 1.96. The Balaban J connectivity index is 1.89. The van der Waals surface area contributed by atoms with E-state index in [0.29, 0.717) is 24.8 Å². The van der Waals surface area contributed by atoms with E-state index in [9.17, 15) is 4.39 Å². The first-order valence-corrected chi connectivity index (χ1v) is 7.45. The molecule has 1 heterocycles. The first-order valence-electron chi connectivity index (χ1n) is 7.45. The van der Waals surface area contributed by atoms with Gasteiger partial charge in [-0.15, -0.1) is 0 Å². The summed E-state index contributed by atoms with van der Waals surface area (Å²) < 4.78 is 20.8. The van der Waals surface area contributed by atoms with Crippen LogP contribution < -0.4 is 10.6 Å². The Morgan fingerprint density at radius 2 is 2.26 bits per heavy atom. The van der Waals surface area contributed by atoms with E-state index in [1.165, 1.54) is 6.07 Å². The van der Waals surface area contributed by atoms with Crippen LogP contribution in [0.15, 0.2) is 41.9 Å². The molecule has 0 saturated carbocycles. The standard InChI is InChI=1S/C16H22FN5O/c1-18-16(20-6-3-9-23-2)21-11-13-4-5-15(14(17)10-13)22-8-7-19-12-22/h4-5,7-8,10,12H,3,6,9,11H2,1-2H3,(H2,18,20,21). The first kappa shape index (κ1) is 17.0. The summed E-state index contributed by atoms with van der Waals surface area (Å²) >= 11 is 0. The van der Waals surface area contributed by atoms with Crippen LogP contribution in [-0.4, -0.2) is 42.8 Å². The number of nitrogens with one attached hydrogen (secondary N) is 2. The van der Waals surface area contributed by atoms with E-state index < -0.39 is 0 Å². The van der Waals surface area contributed by atoms with Crippen molar-refractivity contribution in [1.82, 2.24) is 20.2 Å². The number of methoxy groups -OCH3 is 1. The van der Waals surface area contributed by atoms with Crippen molar-refractivity contribution in [3.8, 4) is 5.69 Å². The molecule has 0 aliphatic rings. The molecular weight excluding hydrogens is 297 g/mol. The van der Waals surface area contributed by atoms with Crippen molar-refractivity contribution in [3.05, 3.63) is 48.3 Å². The quantitative estimate of drug-likeness (QED) is 0.463. The van der Waals surface area contributed by atoms with Gasteiger partial charge in [-0.25, -0.2) is 9.37 Å². The fourth-order valence-electron chi connectivity index (χ4n) is 2.10. The van der Waals surface area contributed by atoms with Crippen molar-refractivity contribution in [3.63, 3.8) is 0 Å². The molecule has 2 rings (SSSR count). The zero-order valence-corrected chi connectivity index (χ0v) is 13.4. The third-order valence-electron chi connectivity index (χ3n) is 3.30. The van der Waals surface area contributed by atoms with Gasteiger partial charge in [0.2, 0.25) is 0 Å². The maximum absolute atomic E-state index is 14.2. The molecule has 0 atom stereocenters. The molecule has 23 heavy (non-hydrogen) atoms. The lowest BCUT2D eigenvalue weighted by atomic mass is 10.2. The Kier molecular flexibility index (Phi) is 6.56. The molecule has 0 unspecified atom stereocenters. The zero-order valence-electron chi connectivity index (χ0n) is 13.4. The number of aromatic nitrogens is 2. The summed E-state index contributed by atoms with van der Waals surface area (Å²) in [6.07, 6.45) is 5.80. The first-order chi connectivity index (χ1) is 11.2. The van der Waals surface area contributed by atoms with Crippen LogP contribution >= 0.6 is 0 Å². The average Bonchev–Trinajstić information content (AvgIpc) is 3.08. The molecular formula is C16H22FN5O. The number of rotatable bonds is 7. The zero-order chi connectivity index (χ0) is 16.5. The van der Waals surface area contributed by atoms with E-state index in [0.717, 1.165) is 18.5 Å². The van der Waals surface area contributed by atoms with Gasteiger partial charge in [0.15, 0.2) is 5.96 Å². The Hall–Kier alpha value is -2.41. The van der Waals surface area contributed by atoms with Gasteiger partial charge in [-0.05, 0) is 24.1 Å². The van der Waals surface area contributed by atoms with Gasteiger partial charge >= 0.3 is 0 Å². The monoisotopic (exact) mass is 319 g/mol. The Bertz CT molecular complexity index is 627. The topological polar surface area (TPSA) is 63.5 Å². The molecule has 0 amide bonds. The number of imidazole rings is 1. The van der Waals surface area contributed by atoms with E-state index in [1.807, 2.05) is 6.07 Å². The molecule has 6 nitrogen and oxygen atoms in total. The Labute approximate surface area is 135 Å². The van der Waals surface area contributed by atoms with E-state index in [2.05, 4.69) is 20.6 Å². The number of hydrogen-bond donors (Lipinski definition) is 2. The summed E-state index contributed by atoms with van der Waals surface area (Å²) in [5, 5.41) is 6.33. The molecule has 124 valence electrons. The molecule has 2 N–H and O–H groups in total. The maximum atomic E-state index is 14.2. The van der Waals surface area contributed by atoms with Crippen LogP contribution in [0.5, 0.6) is 0 Å². The number of nitrogens with zero attached hydrogens (tertiary/aromatic N) is 3. The van der Waals surface area contributed by atoms with Crippen LogP contribution in [0.25, 0.3) is 5.69 Å². The highest BCUT2D eigenvalue weighted by atomic mass is 19.1. The summed E-state index contributed by atoms with van der Waals surface area (Å²) in [4.78, 5) is 8.05. The summed E-state index contributed by atoms with van der Waals surface area (Å²) in [6, 6.07) is 5.13. The Morgan fingerprint density at radius 1 is 1.39 bits per heavy atom. The van der Waals surface area contributed by atoms with Crippen molar-refractivity contribution < 1.29 is 9.13 Å². The fraction of sp³-hybridized carbons (Fsp3) is 0.375. The Morgan fingerprint density at radius 3 is 2.91 bits per heavy atom. The van der Waals surface area contributed by atoms with Crippen LogP contribution in [0.2, 0.25) is 0 Å². The lowest BCUT2D eigenvalue weighted by molar-refractivity contribution is 0.195. The summed E-state index contributed by atoms with van der Waals surface area (Å²) in [5.41, 5.74) is 1.32. The van der Waals surface area contributed by atoms with Gasteiger partial charge in [0.05, 0.1) is 12.0 Å². The largest absolute Gasteiger partial charge is 0.385 e. The second kappa shape index (κ2) is 8.89. The third-order valence-corrected chi connectivity index (χ3v) is 3.30. The minimum atomic E-state index is -0.287. The van der Waals surface area contributed by atoms with Gasteiger partial charge in [0.25, 0.3) is 0 Å². The number of hydrogen-bond acceptors (Lipinski definition) is 3. The van der Waals surface area contributed by atoms with Gasteiger partial charge in [0.1, 0.15) is 5.82 Å². The molecule has 1 aromatic carbocycles. The second-order valence-corrected chi connectivity index (χ2v) is 4.95. The predicted molar refractivity (Wildman–Crippen MR) is 88.2 cm³/mol. The van der Waals surface area contributed by atoms with Crippen LogP contribution in [0.1, 0.15) is 12.0 Å². The van der Waals surface area contributed by atoms with Crippen LogP contribution in [-0.2, 0) is 11.3 Å². The number of ether oxygens (including phenoxy) is 1. The van der Waals surface area contributed by atoms with E-state index in [1.54, 1.807) is 43.5 Å². The van der Waals surface area contributed by atoms with Crippen LogP contribution in [0.4, 0.5) is 4.39 Å². The minimum absolute atomic E-state index is 0.287. The molecule has 0 aliphatic heterocycles. The van der Waals surface area contributed by atoms with Crippen molar-refractivity contribution >= 4 is 5.96 Å². The molecule has 0 saturated heterocycles. The molecule has 2 aromatic rings. The highest BCUT2D eigenvalue weighted by molar-refractivity contribution is 5.79. The molecule has 0 fully saturated rings. The molecule has 0 bridgehead atoms. The minimum Gasteiger partial charge on any atom is -0.385 e. The highest BCUT2D eigenvalue weighted by Gasteiger charge is 2.06. The lowest BCUT2D eigenvalue weighted by Crippen LogP contribution is -2.37. The number of halogens is 1. The van der Waals surface area contributed by atoms with E-state index >= 15 is 0 Å². The molecule has 0 radical (unpaired) electrons. The van der Waals surface area contributed by atoms with Crippen LogP contribution in [0, 0.1) is 5.82 Å². The number of guanidine groups is 1. The fourth-order valence-corrected chi connectivity index (χ4v) is 2.10. The predicted octanol–water partition coefficient (Wildman–Crippen LogP) is 1.71. The van der Waals surface area contributed by atoms with Crippen molar-refractivity contribution in [2.75, 3.05) is 27.3 Å². The van der Waals surface area contributed by atoms with Gasteiger partial charge < -0.3 is 19.9 Å².